The van der Waals surface area contributed by atoms with E-state index in [1.807, 2.05) is 6.08 Å². The van der Waals surface area contributed by atoms with Gasteiger partial charge < -0.3 is 4.74 Å². The number of unbranched alkanes of at least 4 members (excludes halogenated alkanes) is 8. The molecule has 0 bridgehead atoms. The van der Waals surface area contributed by atoms with Crippen LogP contribution in [0.15, 0.2) is 24.3 Å². The van der Waals surface area contributed by atoms with Crippen LogP contribution in [-0.2, 0) is 9.53 Å². The van der Waals surface area contributed by atoms with Gasteiger partial charge in [0.05, 0.1) is 7.11 Å². The van der Waals surface area contributed by atoms with Gasteiger partial charge in [-0.1, -0.05) is 70.1 Å². The monoisotopic (exact) mass is 252 g/mol. The fraction of sp³-hybridized carbons (Fsp3) is 0.688. The maximum absolute atomic E-state index is 10.8. The smallest absolute Gasteiger partial charge is 0.330 e. The molecule has 2 nitrogen and oxygen atoms in total. The summed E-state index contributed by atoms with van der Waals surface area (Å²) < 4.78 is 4.49. The molecule has 0 saturated carbocycles. The molecule has 0 aliphatic carbocycles. The van der Waals surface area contributed by atoms with E-state index in [-0.39, 0.29) is 5.97 Å². The summed E-state index contributed by atoms with van der Waals surface area (Å²) in [6.07, 6.45) is 19.1. The summed E-state index contributed by atoms with van der Waals surface area (Å²) >= 11 is 0. The van der Waals surface area contributed by atoms with Crippen molar-refractivity contribution in [2.24, 2.45) is 0 Å². The Balaban J connectivity index is 3.22. The second kappa shape index (κ2) is 14.0. The van der Waals surface area contributed by atoms with E-state index in [2.05, 4.69) is 17.7 Å². The van der Waals surface area contributed by atoms with E-state index in [1.54, 1.807) is 6.08 Å². The van der Waals surface area contributed by atoms with Gasteiger partial charge in [-0.2, -0.15) is 0 Å². The Labute approximate surface area is 112 Å². The summed E-state index contributed by atoms with van der Waals surface area (Å²) in [7, 11) is 1.39. The van der Waals surface area contributed by atoms with Crippen LogP contribution in [0.3, 0.4) is 0 Å². The van der Waals surface area contributed by atoms with Crippen LogP contribution in [0.5, 0.6) is 0 Å². The standard InChI is InChI=1S/C16H28O2/c1-3-4-5-6-7-8-9-10-11-12-13-14-15-16(17)18-2/h12-15H,3-11H2,1-2H3/b13-12+,15-14+. The molecule has 0 atom stereocenters. The molecule has 0 heterocycles. The van der Waals surface area contributed by atoms with Gasteiger partial charge in [0.15, 0.2) is 0 Å². The minimum Gasteiger partial charge on any atom is -0.466 e. The summed E-state index contributed by atoms with van der Waals surface area (Å²) in [5.41, 5.74) is 0. The zero-order valence-electron chi connectivity index (χ0n) is 12.0. The molecule has 2 heteroatoms. The summed E-state index contributed by atoms with van der Waals surface area (Å²) in [6.45, 7) is 2.25. The number of ether oxygens (including phenoxy) is 1. The minimum atomic E-state index is -0.299. The molecular formula is C16H28O2. The van der Waals surface area contributed by atoms with Crippen molar-refractivity contribution in [2.45, 2.75) is 64.7 Å². The van der Waals surface area contributed by atoms with Crippen LogP contribution in [0.1, 0.15) is 64.7 Å². The quantitative estimate of drug-likeness (QED) is 0.228. The van der Waals surface area contributed by atoms with Crippen molar-refractivity contribution in [1.82, 2.24) is 0 Å². The van der Waals surface area contributed by atoms with Gasteiger partial charge in [-0.15, -0.1) is 0 Å². The maximum Gasteiger partial charge on any atom is 0.330 e. The van der Waals surface area contributed by atoms with Crippen LogP contribution < -0.4 is 0 Å². The van der Waals surface area contributed by atoms with E-state index in [0.29, 0.717) is 0 Å². The van der Waals surface area contributed by atoms with E-state index in [9.17, 15) is 4.79 Å². The highest BCUT2D eigenvalue weighted by Gasteiger charge is 1.90. The molecule has 0 saturated heterocycles. The molecule has 0 aliphatic rings. The Morgan fingerprint density at radius 3 is 2.17 bits per heavy atom. The normalized spacial score (nSPS) is 11.4. The van der Waals surface area contributed by atoms with Crippen molar-refractivity contribution in [3.63, 3.8) is 0 Å². The lowest BCUT2D eigenvalue weighted by Gasteiger charge is -1.99. The minimum absolute atomic E-state index is 0.299. The summed E-state index contributed by atoms with van der Waals surface area (Å²) in [4.78, 5) is 10.8. The molecule has 0 aromatic carbocycles. The molecular weight excluding hydrogens is 224 g/mol. The fourth-order valence-corrected chi connectivity index (χ4v) is 1.77. The Morgan fingerprint density at radius 2 is 1.56 bits per heavy atom. The molecule has 0 N–H and O–H groups in total. The van der Waals surface area contributed by atoms with Crippen LogP contribution in [0, 0.1) is 0 Å². The van der Waals surface area contributed by atoms with Crippen LogP contribution in [0.25, 0.3) is 0 Å². The lowest BCUT2D eigenvalue weighted by atomic mass is 10.1. The first kappa shape index (κ1) is 16.9. The third-order valence-electron chi connectivity index (χ3n) is 2.91. The molecule has 0 fully saturated rings. The topological polar surface area (TPSA) is 26.3 Å². The number of carbonyl (C=O) groups excluding carboxylic acids is 1. The number of hydrogen-bond donors (Lipinski definition) is 0. The van der Waals surface area contributed by atoms with Crippen LogP contribution in [0.4, 0.5) is 0 Å². The largest absolute Gasteiger partial charge is 0.466 e. The number of carbonyl (C=O) groups is 1. The maximum atomic E-state index is 10.8. The van der Waals surface area contributed by atoms with E-state index < -0.39 is 0 Å². The summed E-state index contributed by atoms with van der Waals surface area (Å²) in [5.74, 6) is -0.299. The van der Waals surface area contributed by atoms with Gasteiger partial charge in [-0.25, -0.2) is 4.79 Å². The average Bonchev–Trinajstić information content (AvgIpc) is 2.39. The lowest BCUT2D eigenvalue weighted by Crippen LogP contribution is -1.92. The molecule has 0 unspecified atom stereocenters. The number of esters is 1. The molecule has 104 valence electrons. The number of rotatable bonds is 11. The predicted octanol–water partition coefficient (Wildman–Crippen LogP) is 4.80. The molecule has 0 aromatic rings. The van der Waals surface area contributed by atoms with Crippen molar-refractivity contribution in [3.8, 4) is 0 Å². The first-order valence-electron chi connectivity index (χ1n) is 7.22. The SMILES string of the molecule is CCCCCCCCCC/C=C/C=C/C(=O)OC. The van der Waals surface area contributed by atoms with E-state index in [4.69, 9.17) is 0 Å². The average molecular weight is 252 g/mol. The van der Waals surface area contributed by atoms with Gasteiger partial charge >= 0.3 is 5.97 Å². The van der Waals surface area contributed by atoms with Crippen molar-refractivity contribution >= 4 is 5.97 Å². The highest BCUT2D eigenvalue weighted by molar-refractivity contribution is 5.82. The zero-order chi connectivity index (χ0) is 13.5. The molecule has 0 spiro atoms. The van der Waals surface area contributed by atoms with Crippen molar-refractivity contribution in [1.29, 1.82) is 0 Å². The van der Waals surface area contributed by atoms with Gasteiger partial charge in [0.25, 0.3) is 0 Å². The van der Waals surface area contributed by atoms with Crippen LogP contribution in [0.2, 0.25) is 0 Å². The Bertz CT molecular complexity index is 241. The van der Waals surface area contributed by atoms with E-state index in [1.165, 1.54) is 64.6 Å². The Hall–Kier alpha value is -1.05. The van der Waals surface area contributed by atoms with Gasteiger partial charge in [-0.05, 0) is 12.8 Å². The van der Waals surface area contributed by atoms with Crippen molar-refractivity contribution in [2.75, 3.05) is 7.11 Å². The number of methoxy groups -OCH3 is 1. The van der Waals surface area contributed by atoms with E-state index >= 15 is 0 Å². The molecule has 0 rings (SSSR count). The Morgan fingerprint density at radius 1 is 0.944 bits per heavy atom. The van der Waals surface area contributed by atoms with Gasteiger partial charge in [0, 0.05) is 6.08 Å². The first-order valence-corrected chi connectivity index (χ1v) is 7.22. The molecule has 0 amide bonds. The summed E-state index contributed by atoms with van der Waals surface area (Å²) in [5, 5.41) is 0. The first-order chi connectivity index (χ1) is 8.81. The molecule has 0 radical (unpaired) electrons. The summed E-state index contributed by atoms with van der Waals surface area (Å²) in [6, 6.07) is 0. The molecule has 0 aromatic heterocycles. The molecule has 0 aliphatic heterocycles. The predicted molar refractivity (Wildman–Crippen MR) is 77.5 cm³/mol. The highest BCUT2D eigenvalue weighted by atomic mass is 16.5. The number of allylic oxidation sites excluding steroid dienone is 3. The third-order valence-corrected chi connectivity index (χ3v) is 2.91. The fourth-order valence-electron chi connectivity index (χ4n) is 1.77. The zero-order valence-corrected chi connectivity index (χ0v) is 12.0. The molecule has 18 heavy (non-hydrogen) atoms. The van der Waals surface area contributed by atoms with Crippen LogP contribution >= 0.6 is 0 Å². The van der Waals surface area contributed by atoms with Gasteiger partial charge in [0.1, 0.15) is 0 Å². The third kappa shape index (κ3) is 13.0. The number of hydrogen-bond acceptors (Lipinski definition) is 2. The lowest BCUT2D eigenvalue weighted by molar-refractivity contribution is -0.134. The van der Waals surface area contributed by atoms with Gasteiger partial charge in [0.2, 0.25) is 0 Å². The van der Waals surface area contributed by atoms with E-state index in [0.717, 1.165) is 6.42 Å². The second-order valence-corrected chi connectivity index (χ2v) is 4.57. The van der Waals surface area contributed by atoms with Crippen LogP contribution in [-0.4, -0.2) is 13.1 Å². The van der Waals surface area contributed by atoms with Crippen molar-refractivity contribution < 1.29 is 9.53 Å². The highest BCUT2D eigenvalue weighted by Crippen LogP contribution is 2.09. The Kier molecular flexibility index (Phi) is 13.2. The van der Waals surface area contributed by atoms with Crippen molar-refractivity contribution in [3.05, 3.63) is 24.3 Å². The van der Waals surface area contributed by atoms with Gasteiger partial charge in [-0.3, -0.25) is 0 Å². The second-order valence-electron chi connectivity index (χ2n) is 4.57.